The molecule has 0 N–H and O–H groups in total. The number of esters is 1. The van der Waals surface area contributed by atoms with Crippen LogP contribution < -0.4 is 4.74 Å². The van der Waals surface area contributed by atoms with E-state index in [2.05, 4.69) is 14.5 Å². The Balaban J connectivity index is 3.21. The number of rotatable bonds is 4. The highest BCUT2D eigenvalue weighted by atomic mass is 127. The summed E-state index contributed by atoms with van der Waals surface area (Å²) in [6.07, 6.45) is -4.22. The quantitative estimate of drug-likeness (QED) is 0.342. The number of ether oxygens (including phenoxy) is 2. The zero-order chi connectivity index (χ0) is 14.6. The second kappa shape index (κ2) is 6.35. The normalized spacial score (nSPS) is 11.3. The van der Waals surface area contributed by atoms with E-state index in [0.29, 0.717) is 0 Å². The molecule has 0 aliphatic heterocycles. The lowest BCUT2D eigenvalue weighted by atomic mass is 10.1. The third-order valence-corrected chi connectivity index (χ3v) is 2.87. The number of nitrogens with zero attached hydrogens (tertiary/aromatic N) is 1. The standard InChI is InChI=1S/C10H8F4INO3/c1-18-7(17)2-5-4-16-9(15)8(6(5)3-11)19-10(12,13)14/h4H,2-3H2,1H3. The Morgan fingerprint density at radius 3 is 2.58 bits per heavy atom. The maximum atomic E-state index is 12.9. The van der Waals surface area contributed by atoms with Crippen molar-refractivity contribution in [1.29, 1.82) is 0 Å². The summed E-state index contributed by atoms with van der Waals surface area (Å²) in [5, 5.41) is 0. The number of aromatic nitrogens is 1. The largest absolute Gasteiger partial charge is 0.573 e. The van der Waals surface area contributed by atoms with E-state index in [0.717, 1.165) is 13.3 Å². The molecule has 0 fully saturated rings. The molecule has 0 aromatic carbocycles. The zero-order valence-electron chi connectivity index (χ0n) is 9.55. The first-order chi connectivity index (χ1) is 8.78. The van der Waals surface area contributed by atoms with Gasteiger partial charge in [0, 0.05) is 11.8 Å². The molecule has 0 unspecified atom stereocenters. The average Bonchev–Trinajstić information content (AvgIpc) is 2.31. The Morgan fingerprint density at radius 1 is 1.47 bits per heavy atom. The Kier molecular flexibility index (Phi) is 5.32. The van der Waals surface area contributed by atoms with Crippen molar-refractivity contribution < 1.29 is 31.8 Å². The molecule has 4 nitrogen and oxygen atoms in total. The van der Waals surface area contributed by atoms with Gasteiger partial charge in [-0.3, -0.25) is 4.79 Å². The predicted molar refractivity (Wildman–Crippen MR) is 64.2 cm³/mol. The van der Waals surface area contributed by atoms with Crippen LogP contribution >= 0.6 is 22.6 Å². The van der Waals surface area contributed by atoms with E-state index in [-0.39, 0.29) is 21.2 Å². The van der Waals surface area contributed by atoms with Crippen molar-refractivity contribution in [3.05, 3.63) is 21.0 Å². The van der Waals surface area contributed by atoms with Crippen LogP contribution in [-0.4, -0.2) is 24.4 Å². The molecule has 1 aromatic rings. The third kappa shape index (κ3) is 4.48. The number of hydrogen-bond acceptors (Lipinski definition) is 4. The highest BCUT2D eigenvalue weighted by Gasteiger charge is 2.34. The lowest BCUT2D eigenvalue weighted by molar-refractivity contribution is -0.275. The van der Waals surface area contributed by atoms with Gasteiger partial charge in [-0.2, -0.15) is 0 Å². The number of carbonyl (C=O) groups excluding carboxylic acids is 1. The van der Waals surface area contributed by atoms with Crippen LogP contribution in [0.1, 0.15) is 11.1 Å². The fraction of sp³-hybridized carbons (Fsp3) is 0.400. The molecule has 0 radical (unpaired) electrons. The van der Waals surface area contributed by atoms with Gasteiger partial charge in [-0.15, -0.1) is 13.2 Å². The molecule has 0 saturated heterocycles. The van der Waals surface area contributed by atoms with E-state index in [9.17, 15) is 22.4 Å². The first-order valence-corrected chi connectivity index (χ1v) is 5.91. The molecule has 19 heavy (non-hydrogen) atoms. The van der Waals surface area contributed by atoms with E-state index < -0.39 is 24.8 Å². The van der Waals surface area contributed by atoms with Gasteiger partial charge in [0.2, 0.25) is 0 Å². The van der Waals surface area contributed by atoms with Gasteiger partial charge in [0.1, 0.15) is 10.4 Å². The number of halogens is 5. The average molecular weight is 393 g/mol. The van der Waals surface area contributed by atoms with Crippen LogP contribution in [-0.2, 0) is 22.6 Å². The fourth-order valence-electron chi connectivity index (χ4n) is 1.29. The van der Waals surface area contributed by atoms with E-state index in [1.54, 1.807) is 0 Å². The monoisotopic (exact) mass is 393 g/mol. The summed E-state index contributed by atoms with van der Waals surface area (Å²) in [4.78, 5) is 14.7. The minimum Gasteiger partial charge on any atom is -0.469 e. The molecule has 0 atom stereocenters. The van der Waals surface area contributed by atoms with Gasteiger partial charge >= 0.3 is 12.3 Å². The summed E-state index contributed by atoms with van der Waals surface area (Å²) in [5.41, 5.74) is -0.365. The first kappa shape index (κ1) is 15.9. The maximum Gasteiger partial charge on any atom is 0.573 e. The molecule has 0 spiro atoms. The summed E-state index contributed by atoms with van der Waals surface area (Å²) in [7, 11) is 1.12. The van der Waals surface area contributed by atoms with Gasteiger partial charge in [-0.25, -0.2) is 9.37 Å². The lowest BCUT2D eigenvalue weighted by Crippen LogP contribution is -2.20. The number of pyridine rings is 1. The second-order valence-corrected chi connectivity index (χ2v) is 4.34. The number of carbonyl (C=O) groups is 1. The van der Waals surface area contributed by atoms with Crippen LogP contribution in [0.5, 0.6) is 5.75 Å². The molecule has 1 heterocycles. The summed E-state index contributed by atoms with van der Waals surface area (Å²) in [5.74, 6) is -1.44. The molecule has 0 amide bonds. The Bertz CT molecular complexity index is 479. The van der Waals surface area contributed by atoms with E-state index in [1.807, 2.05) is 0 Å². The summed E-state index contributed by atoms with van der Waals surface area (Å²) in [6, 6.07) is 0. The van der Waals surface area contributed by atoms with Crippen LogP contribution in [0.4, 0.5) is 17.6 Å². The topological polar surface area (TPSA) is 48.4 Å². The van der Waals surface area contributed by atoms with Gasteiger partial charge in [0.25, 0.3) is 0 Å². The van der Waals surface area contributed by atoms with Crippen LogP contribution in [0.25, 0.3) is 0 Å². The predicted octanol–water partition coefficient (Wildman–Crippen LogP) is 2.77. The highest BCUT2D eigenvalue weighted by Crippen LogP contribution is 2.32. The highest BCUT2D eigenvalue weighted by molar-refractivity contribution is 14.1. The molecule has 9 heteroatoms. The van der Waals surface area contributed by atoms with Gasteiger partial charge in [0.05, 0.1) is 13.5 Å². The van der Waals surface area contributed by atoms with Crippen LogP contribution in [0.2, 0.25) is 0 Å². The fourth-order valence-corrected chi connectivity index (χ4v) is 1.86. The van der Waals surface area contributed by atoms with Crippen molar-refractivity contribution in [1.82, 2.24) is 4.98 Å². The second-order valence-electron chi connectivity index (χ2n) is 3.32. The Labute approximate surface area is 119 Å². The van der Waals surface area contributed by atoms with Crippen molar-refractivity contribution in [3.8, 4) is 5.75 Å². The van der Waals surface area contributed by atoms with Gasteiger partial charge in [0.15, 0.2) is 5.75 Å². The number of alkyl halides is 4. The van der Waals surface area contributed by atoms with Crippen LogP contribution in [0, 0.1) is 3.70 Å². The molecule has 0 aliphatic carbocycles. The molecule has 1 rings (SSSR count). The number of methoxy groups -OCH3 is 1. The zero-order valence-corrected chi connectivity index (χ0v) is 11.7. The first-order valence-electron chi connectivity index (χ1n) is 4.83. The van der Waals surface area contributed by atoms with Crippen molar-refractivity contribution in [2.24, 2.45) is 0 Å². The molecule has 0 saturated carbocycles. The summed E-state index contributed by atoms with van der Waals surface area (Å²) >= 11 is 1.49. The summed E-state index contributed by atoms with van der Waals surface area (Å²) in [6.45, 7) is -1.21. The molecule has 1 aromatic heterocycles. The van der Waals surface area contributed by atoms with E-state index in [4.69, 9.17) is 0 Å². The van der Waals surface area contributed by atoms with E-state index in [1.165, 1.54) is 22.6 Å². The van der Waals surface area contributed by atoms with Crippen LogP contribution in [0.3, 0.4) is 0 Å². The van der Waals surface area contributed by atoms with Gasteiger partial charge < -0.3 is 9.47 Å². The number of hydrogen-bond donors (Lipinski definition) is 0. The Hall–Kier alpha value is -1.13. The van der Waals surface area contributed by atoms with Crippen molar-refractivity contribution in [2.45, 2.75) is 19.5 Å². The van der Waals surface area contributed by atoms with Crippen molar-refractivity contribution in [2.75, 3.05) is 7.11 Å². The lowest BCUT2D eigenvalue weighted by Gasteiger charge is -2.15. The molecular weight excluding hydrogens is 385 g/mol. The minimum atomic E-state index is -4.96. The molecule has 0 bridgehead atoms. The summed E-state index contributed by atoms with van der Waals surface area (Å²) < 4.78 is 57.6. The molecule has 106 valence electrons. The van der Waals surface area contributed by atoms with Gasteiger partial charge in [-0.1, -0.05) is 0 Å². The van der Waals surface area contributed by atoms with Crippen LogP contribution in [0.15, 0.2) is 6.20 Å². The molecule has 0 aliphatic rings. The SMILES string of the molecule is COC(=O)Cc1cnc(I)c(OC(F)(F)F)c1CF. The van der Waals surface area contributed by atoms with Gasteiger partial charge in [-0.05, 0) is 28.2 Å². The third-order valence-electron chi connectivity index (χ3n) is 2.10. The smallest absolute Gasteiger partial charge is 0.469 e. The Morgan fingerprint density at radius 2 is 2.11 bits per heavy atom. The minimum absolute atomic E-state index is 0.00554. The van der Waals surface area contributed by atoms with Crippen molar-refractivity contribution in [3.63, 3.8) is 0 Å². The van der Waals surface area contributed by atoms with E-state index >= 15 is 0 Å². The van der Waals surface area contributed by atoms with Crippen molar-refractivity contribution >= 4 is 28.6 Å². The molecular formula is C10H8F4INO3. The maximum absolute atomic E-state index is 12.9.